The summed E-state index contributed by atoms with van der Waals surface area (Å²) in [6, 6.07) is 9.86. The first kappa shape index (κ1) is 16.9. The smallest absolute Gasteiger partial charge is 0.244 e. The number of nitrogens with one attached hydrogen (secondary N) is 1. The number of thiazole rings is 1. The molecule has 1 saturated heterocycles. The van der Waals surface area contributed by atoms with Crippen LogP contribution in [0.1, 0.15) is 31.2 Å². The molecule has 1 aromatic carbocycles. The van der Waals surface area contributed by atoms with Gasteiger partial charge in [-0.15, -0.1) is 11.3 Å². The summed E-state index contributed by atoms with van der Waals surface area (Å²) in [5, 5.41) is 9.40. The summed E-state index contributed by atoms with van der Waals surface area (Å²) in [6.45, 7) is 1.59. The molecular weight excluding hydrogens is 350 g/mol. The van der Waals surface area contributed by atoms with Crippen LogP contribution in [-0.4, -0.2) is 39.0 Å². The lowest BCUT2D eigenvalue weighted by molar-refractivity contribution is -0.116. The van der Waals surface area contributed by atoms with Gasteiger partial charge in [0.25, 0.3) is 0 Å². The second-order valence-electron chi connectivity index (χ2n) is 6.15. The van der Waals surface area contributed by atoms with Crippen molar-refractivity contribution < 1.29 is 9.32 Å². The molecule has 0 aliphatic carbocycles. The van der Waals surface area contributed by atoms with E-state index in [0.29, 0.717) is 29.8 Å². The normalized spacial score (nSPS) is 17.5. The Morgan fingerprint density at radius 3 is 3.04 bits per heavy atom. The monoisotopic (exact) mass is 369 g/mol. The molecule has 1 fully saturated rings. The van der Waals surface area contributed by atoms with Crippen molar-refractivity contribution in [3.63, 3.8) is 0 Å². The molecule has 0 spiro atoms. The lowest BCUT2D eigenvalue weighted by atomic mass is 10.2. The maximum atomic E-state index is 12.1. The number of benzene rings is 1. The van der Waals surface area contributed by atoms with Crippen LogP contribution in [-0.2, 0) is 4.79 Å². The Labute approximate surface area is 155 Å². The number of likely N-dealkylation sites (tertiary alicyclic amines) is 1. The molecule has 0 radical (unpaired) electrons. The summed E-state index contributed by atoms with van der Waals surface area (Å²) in [7, 11) is 0. The number of amides is 1. The molecule has 3 aromatic rings. The molecule has 0 saturated carbocycles. The van der Waals surface area contributed by atoms with Gasteiger partial charge in [0.2, 0.25) is 17.6 Å². The van der Waals surface area contributed by atoms with Gasteiger partial charge >= 0.3 is 0 Å². The predicted octanol–water partition coefficient (Wildman–Crippen LogP) is 3.36. The van der Waals surface area contributed by atoms with E-state index in [2.05, 4.69) is 25.3 Å². The number of nitrogens with zero attached hydrogens (tertiary/aromatic N) is 4. The van der Waals surface area contributed by atoms with E-state index < -0.39 is 0 Å². The maximum Gasteiger partial charge on any atom is 0.244 e. The molecule has 1 aliphatic rings. The molecule has 1 amide bonds. The third kappa shape index (κ3) is 3.81. The maximum absolute atomic E-state index is 12.1. The zero-order chi connectivity index (χ0) is 17.8. The van der Waals surface area contributed by atoms with Gasteiger partial charge in [0.05, 0.1) is 6.04 Å². The van der Waals surface area contributed by atoms with Gasteiger partial charge in [0.1, 0.15) is 0 Å². The van der Waals surface area contributed by atoms with Crippen LogP contribution in [0.15, 0.2) is 46.4 Å². The van der Waals surface area contributed by atoms with Crippen LogP contribution in [0.3, 0.4) is 0 Å². The summed E-state index contributed by atoms with van der Waals surface area (Å²) in [4.78, 5) is 23.0. The van der Waals surface area contributed by atoms with Crippen molar-refractivity contribution in [2.45, 2.75) is 25.3 Å². The van der Waals surface area contributed by atoms with Gasteiger partial charge in [-0.25, -0.2) is 4.98 Å². The first-order valence-electron chi connectivity index (χ1n) is 8.62. The van der Waals surface area contributed by atoms with Crippen LogP contribution >= 0.6 is 11.3 Å². The lowest BCUT2D eigenvalue weighted by Gasteiger charge is -2.20. The minimum atomic E-state index is -0.0268. The average molecular weight is 369 g/mol. The largest absolute Gasteiger partial charge is 0.337 e. The Morgan fingerprint density at radius 1 is 1.35 bits per heavy atom. The number of rotatable bonds is 6. The zero-order valence-electron chi connectivity index (χ0n) is 14.2. The van der Waals surface area contributed by atoms with Crippen LogP contribution < -0.4 is 5.32 Å². The van der Waals surface area contributed by atoms with Crippen LogP contribution in [0, 0.1) is 0 Å². The van der Waals surface area contributed by atoms with Crippen LogP contribution in [0.2, 0.25) is 0 Å². The third-order valence-corrected chi connectivity index (χ3v) is 5.12. The first-order chi connectivity index (χ1) is 12.8. The zero-order valence-corrected chi connectivity index (χ0v) is 15.0. The highest BCUT2D eigenvalue weighted by atomic mass is 32.1. The fourth-order valence-corrected chi connectivity index (χ4v) is 3.71. The number of hydrogen-bond donors (Lipinski definition) is 1. The van der Waals surface area contributed by atoms with Crippen molar-refractivity contribution >= 4 is 22.4 Å². The molecule has 3 heterocycles. The first-order valence-corrected chi connectivity index (χ1v) is 9.50. The molecule has 1 aliphatic heterocycles. The average Bonchev–Trinajstić information content (AvgIpc) is 3.41. The molecule has 4 rings (SSSR count). The molecule has 26 heavy (non-hydrogen) atoms. The van der Waals surface area contributed by atoms with E-state index in [1.807, 2.05) is 35.7 Å². The van der Waals surface area contributed by atoms with Crippen molar-refractivity contribution in [2.24, 2.45) is 0 Å². The number of carbonyl (C=O) groups excluding carboxylic acids is 1. The molecule has 1 atom stereocenters. The molecule has 0 unspecified atom stereocenters. The van der Waals surface area contributed by atoms with Crippen molar-refractivity contribution in [1.82, 2.24) is 20.0 Å². The van der Waals surface area contributed by atoms with E-state index >= 15 is 0 Å². The summed E-state index contributed by atoms with van der Waals surface area (Å²) >= 11 is 1.42. The Hall–Kier alpha value is -2.58. The molecule has 8 heteroatoms. The van der Waals surface area contributed by atoms with E-state index in [1.54, 1.807) is 6.20 Å². The van der Waals surface area contributed by atoms with Crippen LogP contribution in [0.4, 0.5) is 5.13 Å². The second kappa shape index (κ2) is 7.76. The highest BCUT2D eigenvalue weighted by Gasteiger charge is 2.31. The molecule has 2 aromatic heterocycles. The quantitative estimate of drug-likeness (QED) is 0.717. The van der Waals surface area contributed by atoms with E-state index in [1.165, 1.54) is 11.3 Å². The molecule has 7 nitrogen and oxygen atoms in total. The second-order valence-corrected chi connectivity index (χ2v) is 7.05. The number of carbonyl (C=O) groups is 1. The van der Waals surface area contributed by atoms with Crippen molar-refractivity contribution in [2.75, 3.05) is 18.4 Å². The fourth-order valence-electron chi connectivity index (χ4n) is 3.16. The van der Waals surface area contributed by atoms with Gasteiger partial charge in [0.15, 0.2) is 5.13 Å². The SMILES string of the molecule is O=C(CCN1CCC[C@H]1c1nc(-c2ccccc2)no1)Nc1nccs1. The number of anilines is 1. The summed E-state index contributed by atoms with van der Waals surface area (Å²) < 4.78 is 5.51. The van der Waals surface area contributed by atoms with Gasteiger partial charge in [0, 0.05) is 30.1 Å². The van der Waals surface area contributed by atoms with E-state index in [4.69, 9.17) is 4.52 Å². The lowest BCUT2D eigenvalue weighted by Crippen LogP contribution is -2.27. The summed E-state index contributed by atoms with van der Waals surface area (Å²) in [5.74, 6) is 1.21. The van der Waals surface area contributed by atoms with Gasteiger partial charge in [-0.2, -0.15) is 4.98 Å². The Morgan fingerprint density at radius 2 is 2.23 bits per heavy atom. The minimum Gasteiger partial charge on any atom is -0.337 e. The van der Waals surface area contributed by atoms with Crippen molar-refractivity contribution in [3.05, 3.63) is 47.8 Å². The third-order valence-electron chi connectivity index (χ3n) is 4.43. The molecule has 134 valence electrons. The molecule has 0 bridgehead atoms. The van der Waals surface area contributed by atoms with E-state index in [-0.39, 0.29) is 11.9 Å². The van der Waals surface area contributed by atoms with Gasteiger partial charge in [-0.3, -0.25) is 9.69 Å². The number of aromatic nitrogens is 3. The molecule has 1 N–H and O–H groups in total. The fraction of sp³-hybridized carbons (Fsp3) is 0.333. The Balaban J connectivity index is 1.37. The van der Waals surface area contributed by atoms with Gasteiger partial charge in [-0.1, -0.05) is 35.5 Å². The van der Waals surface area contributed by atoms with Crippen LogP contribution in [0.5, 0.6) is 0 Å². The highest BCUT2D eigenvalue weighted by Crippen LogP contribution is 2.32. The minimum absolute atomic E-state index is 0.0268. The molecular formula is C18H19N5O2S. The highest BCUT2D eigenvalue weighted by molar-refractivity contribution is 7.13. The summed E-state index contributed by atoms with van der Waals surface area (Å²) in [5.41, 5.74) is 0.940. The van der Waals surface area contributed by atoms with E-state index in [9.17, 15) is 4.79 Å². The summed E-state index contributed by atoms with van der Waals surface area (Å²) in [6.07, 6.45) is 4.11. The van der Waals surface area contributed by atoms with Crippen molar-refractivity contribution in [3.8, 4) is 11.4 Å². The number of hydrogen-bond acceptors (Lipinski definition) is 7. The Bertz CT molecular complexity index is 850. The van der Waals surface area contributed by atoms with Gasteiger partial charge < -0.3 is 9.84 Å². The van der Waals surface area contributed by atoms with Gasteiger partial charge in [-0.05, 0) is 19.4 Å². The predicted molar refractivity (Wildman–Crippen MR) is 98.6 cm³/mol. The standard InChI is InChI=1S/C18H19N5O2S/c24-15(20-18-19-9-12-26-18)8-11-23-10-4-7-14(23)17-21-16(22-25-17)13-5-2-1-3-6-13/h1-3,5-6,9,12,14H,4,7-8,10-11H2,(H,19,20,24)/t14-/m0/s1. The van der Waals surface area contributed by atoms with Crippen molar-refractivity contribution in [1.29, 1.82) is 0 Å². The topological polar surface area (TPSA) is 84.2 Å². The van der Waals surface area contributed by atoms with E-state index in [0.717, 1.165) is 24.9 Å². The Kier molecular flexibility index (Phi) is 5.03. The van der Waals surface area contributed by atoms with Crippen LogP contribution in [0.25, 0.3) is 11.4 Å².